The molecule has 3 rings (SSSR count). The van der Waals surface area contributed by atoms with Crippen molar-refractivity contribution in [2.45, 2.75) is 32.6 Å². The minimum atomic E-state index is 0.163. The second-order valence-corrected chi connectivity index (χ2v) is 7.35. The van der Waals surface area contributed by atoms with Crippen LogP contribution in [-0.4, -0.2) is 69.4 Å². The molecule has 0 bridgehead atoms. The van der Waals surface area contributed by atoms with Crippen molar-refractivity contribution in [2.24, 2.45) is 0 Å². The summed E-state index contributed by atoms with van der Waals surface area (Å²) in [5, 5.41) is 3.14. The topological polar surface area (TPSA) is 87.1 Å². The lowest BCUT2D eigenvalue weighted by atomic mass is 9.95. The molecule has 2 aromatic rings. The maximum absolute atomic E-state index is 12.4. The molecule has 144 valence electrons. The number of nitrogens with one attached hydrogen (secondary N) is 1. The van der Waals surface area contributed by atoms with Crippen LogP contribution in [0.25, 0.3) is 0 Å². The van der Waals surface area contributed by atoms with Gasteiger partial charge in [-0.3, -0.25) is 9.78 Å². The van der Waals surface area contributed by atoms with Crippen LogP contribution in [0.2, 0.25) is 0 Å². The van der Waals surface area contributed by atoms with E-state index in [1.165, 1.54) is 0 Å². The molecular weight excluding hydrogens is 342 g/mol. The Bertz CT molecular complexity index is 788. The van der Waals surface area contributed by atoms with Gasteiger partial charge < -0.3 is 15.1 Å². The zero-order valence-electron chi connectivity index (χ0n) is 16.4. The molecule has 1 amide bonds. The molecule has 1 atom stereocenters. The van der Waals surface area contributed by atoms with Gasteiger partial charge in [-0.1, -0.05) is 0 Å². The van der Waals surface area contributed by atoms with Crippen molar-refractivity contribution in [2.75, 3.05) is 39.0 Å². The first-order valence-corrected chi connectivity index (χ1v) is 9.24. The molecule has 0 unspecified atom stereocenters. The molecule has 1 aliphatic rings. The van der Waals surface area contributed by atoms with Crippen LogP contribution in [0.3, 0.4) is 0 Å². The Kier molecular flexibility index (Phi) is 5.95. The summed E-state index contributed by atoms with van der Waals surface area (Å²) in [6.45, 7) is 5.80. The first-order chi connectivity index (χ1) is 12.9. The van der Waals surface area contributed by atoms with E-state index in [1.807, 2.05) is 43.8 Å². The highest BCUT2D eigenvalue weighted by molar-refractivity contribution is 5.78. The van der Waals surface area contributed by atoms with E-state index in [4.69, 9.17) is 4.98 Å². The van der Waals surface area contributed by atoms with Crippen molar-refractivity contribution in [3.63, 3.8) is 0 Å². The highest BCUT2D eigenvalue weighted by atomic mass is 16.2. The quantitative estimate of drug-likeness (QED) is 0.861. The summed E-state index contributed by atoms with van der Waals surface area (Å²) in [5.74, 6) is 1.49. The fourth-order valence-corrected chi connectivity index (χ4v) is 3.35. The molecule has 1 N–H and O–H groups in total. The average Bonchev–Trinajstić information content (AvgIpc) is 2.60. The number of likely N-dealkylation sites (tertiary alicyclic amines) is 1. The van der Waals surface area contributed by atoms with Crippen LogP contribution in [0.1, 0.15) is 35.8 Å². The highest BCUT2D eigenvalue weighted by Gasteiger charge is 2.26. The highest BCUT2D eigenvalue weighted by Crippen LogP contribution is 2.26. The third-order valence-corrected chi connectivity index (χ3v) is 4.52. The van der Waals surface area contributed by atoms with Crippen molar-refractivity contribution >= 4 is 17.7 Å². The van der Waals surface area contributed by atoms with E-state index < -0.39 is 0 Å². The Balaban J connectivity index is 1.72. The number of hydrogen-bond donors (Lipinski definition) is 1. The molecule has 2 aromatic heterocycles. The number of carbonyl (C=O) groups excluding carboxylic acids is 1. The fourth-order valence-electron chi connectivity index (χ4n) is 3.35. The number of rotatable bonds is 5. The van der Waals surface area contributed by atoms with Crippen molar-refractivity contribution in [3.8, 4) is 0 Å². The van der Waals surface area contributed by atoms with Crippen LogP contribution in [0, 0.1) is 13.8 Å². The number of hydrogen-bond acceptors (Lipinski definition) is 7. The Morgan fingerprint density at radius 2 is 1.96 bits per heavy atom. The van der Waals surface area contributed by atoms with Crippen LogP contribution < -0.4 is 5.32 Å². The molecule has 3 heterocycles. The second-order valence-electron chi connectivity index (χ2n) is 7.35. The molecule has 8 nitrogen and oxygen atoms in total. The van der Waals surface area contributed by atoms with Crippen LogP contribution in [0.4, 0.5) is 11.8 Å². The molecule has 8 heteroatoms. The van der Waals surface area contributed by atoms with Crippen LogP contribution in [0.15, 0.2) is 18.5 Å². The second kappa shape index (κ2) is 8.39. The normalized spacial score (nSPS) is 17.2. The first-order valence-electron chi connectivity index (χ1n) is 9.24. The first kappa shape index (κ1) is 19.2. The molecule has 27 heavy (non-hydrogen) atoms. The van der Waals surface area contributed by atoms with Gasteiger partial charge in [-0.15, -0.1) is 0 Å². The van der Waals surface area contributed by atoms with Gasteiger partial charge in [-0.05, 0) is 46.9 Å². The third kappa shape index (κ3) is 5.19. The zero-order chi connectivity index (χ0) is 19.4. The number of nitrogens with zero attached hydrogens (tertiary/aromatic N) is 6. The smallest absolute Gasteiger partial charge is 0.236 e. The minimum Gasteiger partial charge on any atom is -0.341 e. The van der Waals surface area contributed by atoms with Gasteiger partial charge in [0.1, 0.15) is 0 Å². The summed E-state index contributed by atoms with van der Waals surface area (Å²) < 4.78 is 0. The number of likely N-dealkylation sites (N-methyl/N-ethyl adjacent to an activating group) is 1. The van der Waals surface area contributed by atoms with Gasteiger partial charge in [0.15, 0.2) is 5.82 Å². The predicted molar refractivity (Wildman–Crippen MR) is 104 cm³/mol. The lowest BCUT2D eigenvalue weighted by Crippen LogP contribution is -2.43. The standard InChI is InChI=1S/C19H27N7O/c1-13-8-14(2)22-19(21-13)24-17-10-20-9-16(23-17)15-6-5-7-26(11-15)18(27)12-25(3)4/h8-10,15H,5-7,11-12H2,1-4H3,(H,21,22,23,24)/t15-/m1/s1. The molecule has 1 fully saturated rings. The summed E-state index contributed by atoms with van der Waals surface area (Å²) >= 11 is 0. The van der Waals surface area contributed by atoms with E-state index in [2.05, 4.69) is 20.3 Å². The number of aromatic nitrogens is 4. The molecule has 1 aliphatic heterocycles. The van der Waals surface area contributed by atoms with Crippen molar-refractivity contribution < 1.29 is 4.79 Å². The monoisotopic (exact) mass is 369 g/mol. The predicted octanol–water partition coefficient (Wildman–Crippen LogP) is 1.89. The van der Waals surface area contributed by atoms with Crippen molar-refractivity contribution in [1.82, 2.24) is 29.7 Å². The average molecular weight is 369 g/mol. The number of aryl methyl sites for hydroxylation is 2. The van der Waals surface area contributed by atoms with E-state index in [-0.39, 0.29) is 11.8 Å². The summed E-state index contributed by atoms with van der Waals surface area (Å²) in [6, 6.07) is 1.93. The Morgan fingerprint density at radius 3 is 2.67 bits per heavy atom. The number of piperidine rings is 1. The molecular formula is C19H27N7O. The van der Waals surface area contributed by atoms with Gasteiger partial charge in [0.05, 0.1) is 18.4 Å². The maximum Gasteiger partial charge on any atom is 0.236 e. The van der Waals surface area contributed by atoms with Crippen LogP contribution in [-0.2, 0) is 4.79 Å². The molecule has 0 aromatic carbocycles. The Morgan fingerprint density at radius 1 is 1.22 bits per heavy atom. The molecule has 0 radical (unpaired) electrons. The Hall–Kier alpha value is -2.61. The largest absolute Gasteiger partial charge is 0.341 e. The van der Waals surface area contributed by atoms with E-state index in [9.17, 15) is 4.79 Å². The summed E-state index contributed by atoms with van der Waals surface area (Å²) in [5.41, 5.74) is 2.69. The van der Waals surface area contributed by atoms with Gasteiger partial charge >= 0.3 is 0 Å². The van der Waals surface area contributed by atoms with Crippen LogP contribution in [0.5, 0.6) is 0 Å². The van der Waals surface area contributed by atoms with Gasteiger partial charge in [-0.2, -0.15) is 0 Å². The lowest BCUT2D eigenvalue weighted by Gasteiger charge is -2.33. The SMILES string of the molecule is Cc1cc(C)nc(Nc2cncc([C@@H]3CCCN(C(=O)CN(C)C)C3)n2)n1. The number of carbonyl (C=O) groups is 1. The Labute approximate surface area is 160 Å². The van der Waals surface area contributed by atoms with Gasteiger partial charge in [-0.25, -0.2) is 15.0 Å². The van der Waals surface area contributed by atoms with Crippen LogP contribution >= 0.6 is 0 Å². The minimum absolute atomic E-state index is 0.163. The fraction of sp³-hybridized carbons (Fsp3) is 0.526. The van der Waals surface area contributed by atoms with Crippen molar-refractivity contribution in [3.05, 3.63) is 35.5 Å². The maximum atomic E-state index is 12.4. The summed E-state index contributed by atoms with van der Waals surface area (Å²) in [4.78, 5) is 34.0. The molecule has 0 aliphatic carbocycles. The van der Waals surface area contributed by atoms with E-state index >= 15 is 0 Å². The number of anilines is 2. The zero-order valence-corrected chi connectivity index (χ0v) is 16.4. The summed E-state index contributed by atoms with van der Waals surface area (Å²) in [7, 11) is 3.82. The summed E-state index contributed by atoms with van der Waals surface area (Å²) in [6.07, 6.45) is 5.44. The van der Waals surface area contributed by atoms with E-state index in [1.54, 1.807) is 12.4 Å². The molecule has 1 saturated heterocycles. The molecule has 0 spiro atoms. The van der Waals surface area contributed by atoms with Gasteiger partial charge in [0.25, 0.3) is 0 Å². The third-order valence-electron chi connectivity index (χ3n) is 4.52. The van der Waals surface area contributed by atoms with Crippen molar-refractivity contribution in [1.29, 1.82) is 0 Å². The number of amides is 1. The van der Waals surface area contributed by atoms with E-state index in [0.29, 0.717) is 24.9 Å². The molecule has 0 saturated carbocycles. The van der Waals surface area contributed by atoms with E-state index in [0.717, 1.165) is 36.5 Å². The van der Waals surface area contributed by atoms with Gasteiger partial charge in [0.2, 0.25) is 11.9 Å². The lowest BCUT2D eigenvalue weighted by molar-refractivity contribution is -0.133. The van der Waals surface area contributed by atoms with Gasteiger partial charge in [0, 0.05) is 36.6 Å².